The second kappa shape index (κ2) is 8.10. The standard InChI is InChI=1S/C22H16ClN5O3S/c1-12-25-26-22-28(12)27-21(32-22)14-5-8-18(30-2)16(11-14)24-20(29)19-10-9-17(31-19)13-3-6-15(23)7-4-13/h3-11H,1-2H3,(H,24,29). The Balaban J connectivity index is 1.42. The van der Waals surface area contributed by atoms with Gasteiger partial charge in [0.25, 0.3) is 5.91 Å². The van der Waals surface area contributed by atoms with Crippen molar-refractivity contribution in [2.24, 2.45) is 0 Å². The normalized spacial score (nSPS) is 11.1. The SMILES string of the molecule is COc1ccc(-c2nn3c(C)nnc3s2)cc1NC(=O)c1ccc(-c2ccc(Cl)cc2)o1. The number of fused-ring (bicyclic) bond motifs is 1. The van der Waals surface area contributed by atoms with Crippen molar-refractivity contribution in [1.82, 2.24) is 19.8 Å². The van der Waals surface area contributed by atoms with E-state index in [1.807, 2.05) is 25.1 Å². The number of furan rings is 1. The Morgan fingerprint density at radius 1 is 1.09 bits per heavy atom. The molecular formula is C22H16ClN5O3S. The topological polar surface area (TPSA) is 94.5 Å². The number of aryl methyl sites for hydroxylation is 1. The number of ether oxygens (including phenoxy) is 1. The Morgan fingerprint density at radius 2 is 1.88 bits per heavy atom. The van der Waals surface area contributed by atoms with E-state index in [1.54, 1.807) is 48.0 Å². The van der Waals surface area contributed by atoms with Gasteiger partial charge in [-0.3, -0.25) is 4.79 Å². The van der Waals surface area contributed by atoms with E-state index in [0.29, 0.717) is 33.0 Å². The minimum absolute atomic E-state index is 0.178. The predicted octanol–water partition coefficient (Wildman–Crippen LogP) is 5.34. The molecule has 0 bridgehead atoms. The average Bonchev–Trinajstić information content (AvgIpc) is 3.52. The highest BCUT2D eigenvalue weighted by Crippen LogP contribution is 2.33. The van der Waals surface area contributed by atoms with E-state index < -0.39 is 5.91 Å². The summed E-state index contributed by atoms with van der Waals surface area (Å²) in [5.74, 6) is 1.58. The molecule has 0 saturated heterocycles. The fourth-order valence-electron chi connectivity index (χ4n) is 3.18. The molecule has 0 aliphatic carbocycles. The molecule has 1 amide bonds. The first kappa shape index (κ1) is 20.2. The van der Waals surface area contributed by atoms with E-state index in [0.717, 1.165) is 16.1 Å². The Hall–Kier alpha value is -3.69. The molecule has 5 rings (SSSR count). The van der Waals surface area contributed by atoms with Crippen LogP contribution < -0.4 is 10.1 Å². The van der Waals surface area contributed by atoms with Crippen molar-refractivity contribution in [3.05, 3.63) is 71.2 Å². The molecule has 0 spiro atoms. The monoisotopic (exact) mass is 465 g/mol. The number of nitrogens with zero attached hydrogens (tertiary/aromatic N) is 4. The van der Waals surface area contributed by atoms with Crippen molar-refractivity contribution in [2.75, 3.05) is 12.4 Å². The van der Waals surface area contributed by atoms with E-state index in [9.17, 15) is 4.79 Å². The van der Waals surface area contributed by atoms with Crippen molar-refractivity contribution >= 4 is 39.5 Å². The average molecular weight is 466 g/mol. The number of carbonyl (C=O) groups is 1. The van der Waals surface area contributed by atoms with Crippen LogP contribution in [0.3, 0.4) is 0 Å². The van der Waals surface area contributed by atoms with Crippen LogP contribution in [0, 0.1) is 6.92 Å². The van der Waals surface area contributed by atoms with Gasteiger partial charge in [0, 0.05) is 16.1 Å². The number of benzene rings is 2. The van der Waals surface area contributed by atoms with Gasteiger partial charge in [-0.25, -0.2) is 0 Å². The largest absolute Gasteiger partial charge is 0.495 e. The third-order valence-electron chi connectivity index (χ3n) is 4.80. The number of carbonyl (C=O) groups excluding carboxylic acids is 1. The Bertz CT molecular complexity index is 1440. The number of nitrogens with one attached hydrogen (secondary N) is 1. The maximum atomic E-state index is 12.9. The van der Waals surface area contributed by atoms with Crippen molar-refractivity contribution in [3.8, 4) is 27.6 Å². The smallest absolute Gasteiger partial charge is 0.291 e. The third kappa shape index (κ3) is 3.72. The molecule has 0 aliphatic rings. The van der Waals surface area contributed by atoms with Crippen LogP contribution in [0.25, 0.3) is 26.9 Å². The lowest BCUT2D eigenvalue weighted by molar-refractivity contribution is 0.0997. The molecule has 3 heterocycles. The predicted molar refractivity (Wildman–Crippen MR) is 122 cm³/mol. The number of halogens is 1. The molecule has 2 aromatic carbocycles. The van der Waals surface area contributed by atoms with Gasteiger partial charge < -0.3 is 14.5 Å². The number of methoxy groups -OCH3 is 1. The molecule has 160 valence electrons. The van der Waals surface area contributed by atoms with Crippen LogP contribution in [-0.4, -0.2) is 32.8 Å². The molecule has 10 heteroatoms. The first-order valence-corrected chi connectivity index (χ1v) is 10.8. The summed E-state index contributed by atoms with van der Waals surface area (Å²) in [7, 11) is 1.54. The quantitative estimate of drug-likeness (QED) is 0.376. The molecule has 0 atom stereocenters. The molecule has 0 saturated carbocycles. The second-order valence-corrected chi connectivity index (χ2v) is 8.28. The molecule has 0 radical (unpaired) electrons. The summed E-state index contributed by atoms with van der Waals surface area (Å²) in [6.45, 7) is 1.84. The zero-order valence-electron chi connectivity index (χ0n) is 17.0. The second-order valence-electron chi connectivity index (χ2n) is 6.89. The van der Waals surface area contributed by atoms with Gasteiger partial charge in [0.2, 0.25) is 4.96 Å². The number of hydrogen-bond acceptors (Lipinski definition) is 7. The van der Waals surface area contributed by atoms with Gasteiger partial charge in [-0.05, 0) is 61.5 Å². The molecular weight excluding hydrogens is 450 g/mol. The van der Waals surface area contributed by atoms with Crippen LogP contribution >= 0.6 is 22.9 Å². The highest BCUT2D eigenvalue weighted by atomic mass is 35.5. The third-order valence-corrected chi connectivity index (χ3v) is 6.00. The molecule has 0 unspecified atom stereocenters. The summed E-state index contributed by atoms with van der Waals surface area (Å²) >= 11 is 7.34. The van der Waals surface area contributed by atoms with Gasteiger partial charge in [0.15, 0.2) is 11.6 Å². The van der Waals surface area contributed by atoms with Gasteiger partial charge in [0.05, 0.1) is 12.8 Å². The fourth-order valence-corrected chi connectivity index (χ4v) is 4.19. The lowest BCUT2D eigenvalue weighted by Gasteiger charge is -2.10. The summed E-state index contributed by atoms with van der Waals surface area (Å²) in [5.41, 5.74) is 2.14. The number of amides is 1. The van der Waals surface area contributed by atoms with Crippen LogP contribution in [0.1, 0.15) is 16.4 Å². The van der Waals surface area contributed by atoms with E-state index in [2.05, 4.69) is 20.6 Å². The van der Waals surface area contributed by atoms with Crippen molar-refractivity contribution in [3.63, 3.8) is 0 Å². The number of hydrogen-bond donors (Lipinski definition) is 1. The minimum Gasteiger partial charge on any atom is -0.495 e. The summed E-state index contributed by atoms with van der Waals surface area (Å²) in [6, 6.07) is 16.0. The van der Waals surface area contributed by atoms with Crippen molar-refractivity contribution < 1.29 is 13.9 Å². The first-order valence-electron chi connectivity index (χ1n) is 9.56. The molecule has 32 heavy (non-hydrogen) atoms. The van der Waals surface area contributed by atoms with E-state index in [4.69, 9.17) is 20.8 Å². The van der Waals surface area contributed by atoms with Gasteiger partial charge in [-0.15, -0.1) is 10.2 Å². The molecule has 1 N–H and O–H groups in total. The highest BCUT2D eigenvalue weighted by Gasteiger charge is 2.17. The maximum Gasteiger partial charge on any atom is 0.291 e. The number of aromatic nitrogens is 4. The lowest BCUT2D eigenvalue weighted by Crippen LogP contribution is -2.11. The summed E-state index contributed by atoms with van der Waals surface area (Å²) in [6.07, 6.45) is 0. The van der Waals surface area contributed by atoms with Crippen LogP contribution in [0.5, 0.6) is 5.75 Å². The number of anilines is 1. The van der Waals surface area contributed by atoms with Crippen molar-refractivity contribution in [1.29, 1.82) is 0 Å². The maximum absolute atomic E-state index is 12.9. The van der Waals surface area contributed by atoms with Gasteiger partial charge in [0.1, 0.15) is 16.5 Å². The molecule has 0 aliphatic heterocycles. The highest BCUT2D eigenvalue weighted by molar-refractivity contribution is 7.19. The Morgan fingerprint density at radius 3 is 2.62 bits per heavy atom. The summed E-state index contributed by atoms with van der Waals surface area (Å²) < 4.78 is 12.9. The van der Waals surface area contributed by atoms with Crippen LogP contribution in [-0.2, 0) is 0 Å². The van der Waals surface area contributed by atoms with Crippen LogP contribution in [0.15, 0.2) is 59.0 Å². The number of rotatable bonds is 5. The Kier molecular flexibility index (Phi) is 5.12. The molecule has 3 aromatic heterocycles. The zero-order chi connectivity index (χ0) is 22.2. The zero-order valence-corrected chi connectivity index (χ0v) is 18.6. The van der Waals surface area contributed by atoms with Crippen LogP contribution in [0.4, 0.5) is 5.69 Å². The van der Waals surface area contributed by atoms with Gasteiger partial charge in [-0.1, -0.05) is 22.9 Å². The molecule has 8 nitrogen and oxygen atoms in total. The fraction of sp³-hybridized carbons (Fsp3) is 0.0909. The minimum atomic E-state index is -0.394. The van der Waals surface area contributed by atoms with E-state index in [1.165, 1.54) is 11.3 Å². The molecule has 0 fully saturated rings. The summed E-state index contributed by atoms with van der Waals surface area (Å²) in [4.78, 5) is 13.6. The van der Waals surface area contributed by atoms with Gasteiger partial charge >= 0.3 is 0 Å². The van der Waals surface area contributed by atoms with Crippen molar-refractivity contribution in [2.45, 2.75) is 6.92 Å². The van der Waals surface area contributed by atoms with E-state index in [-0.39, 0.29) is 5.76 Å². The molecule has 5 aromatic rings. The lowest BCUT2D eigenvalue weighted by atomic mass is 10.2. The first-order chi connectivity index (χ1) is 15.5. The Labute approximate surface area is 191 Å². The van der Waals surface area contributed by atoms with E-state index >= 15 is 0 Å². The van der Waals surface area contributed by atoms with Gasteiger partial charge in [-0.2, -0.15) is 9.61 Å². The summed E-state index contributed by atoms with van der Waals surface area (Å²) in [5, 5.41) is 16.9. The van der Waals surface area contributed by atoms with Crippen LogP contribution in [0.2, 0.25) is 5.02 Å².